The summed E-state index contributed by atoms with van der Waals surface area (Å²) in [5.41, 5.74) is 0. The average molecular weight is 414 g/mol. The highest BCUT2D eigenvalue weighted by Crippen LogP contribution is 2.28. The number of amides is 1. The molecule has 0 bridgehead atoms. The van der Waals surface area contributed by atoms with Gasteiger partial charge in [0.2, 0.25) is 5.91 Å². The number of ether oxygens (including phenoxy) is 3. The van der Waals surface area contributed by atoms with Gasteiger partial charge in [0.25, 0.3) is 5.88 Å². The molecule has 1 aromatic heterocycles. The Morgan fingerprint density at radius 2 is 2.00 bits per heavy atom. The van der Waals surface area contributed by atoms with Crippen LogP contribution in [0.1, 0.15) is 45.3 Å². The van der Waals surface area contributed by atoms with Gasteiger partial charge in [-0.1, -0.05) is 20.8 Å². The third kappa shape index (κ3) is 8.82. The zero-order chi connectivity index (χ0) is 21.8. The largest absolute Gasteiger partial charge is 0.473 e. The van der Waals surface area contributed by atoms with E-state index in [2.05, 4.69) is 10.5 Å². The average Bonchev–Trinajstić information content (AvgIpc) is 3.14. The minimum absolute atomic E-state index is 0.00972. The molecule has 9 heteroatoms. The van der Waals surface area contributed by atoms with E-state index >= 15 is 0 Å². The van der Waals surface area contributed by atoms with Gasteiger partial charge in [0.15, 0.2) is 5.76 Å². The summed E-state index contributed by atoms with van der Waals surface area (Å²) in [6.45, 7) is 7.95. The number of esters is 1. The van der Waals surface area contributed by atoms with E-state index in [4.69, 9.17) is 18.7 Å². The number of methoxy groups -OCH3 is 1. The van der Waals surface area contributed by atoms with E-state index in [-0.39, 0.29) is 23.9 Å². The number of aromatic nitrogens is 1. The van der Waals surface area contributed by atoms with Crippen LogP contribution in [-0.2, 0) is 19.1 Å². The lowest BCUT2D eigenvalue weighted by atomic mass is 9.93. The van der Waals surface area contributed by atoms with Crippen molar-refractivity contribution in [3.05, 3.63) is 11.8 Å². The molecule has 0 aliphatic rings. The van der Waals surface area contributed by atoms with E-state index < -0.39 is 5.92 Å². The fraction of sp³-hybridized carbons (Fsp3) is 0.750. The van der Waals surface area contributed by atoms with Gasteiger partial charge in [-0.05, 0) is 17.5 Å². The molecular formula is C20H35N3O6. The first-order valence-electron chi connectivity index (χ1n) is 9.99. The van der Waals surface area contributed by atoms with Gasteiger partial charge in [0.1, 0.15) is 12.5 Å². The second-order valence-corrected chi connectivity index (χ2v) is 7.31. The molecule has 0 spiro atoms. The van der Waals surface area contributed by atoms with E-state index in [1.165, 1.54) is 7.11 Å². The molecule has 1 heterocycles. The van der Waals surface area contributed by atoms with Crippen molar-refractivity contribution >= 4 is 11.9 Å². The van der Waals surface area contributed by atoms with Crippen molar-refractivity contribution in [2.75, 3.05) is 47.5 Å². The number of nitrogens with one attached hydrogen (secondary N) is 1. The van der Waals surface area contributed by atoms with Crippen molar-refractivity contribution in [3.63, 3.8) is 0 Å². The van der Waals surface area contributed by atoms with Gasteiger partial charge in [-0.15, -0.1) is 0 Å². The van der Waals surface area contributed by atoms with Crippen molar-refractivity contribution in [2.45, 2.75) is 45.6 Å². The first kappa shape index (κ1) is 24.9. The number of rotatable bonds is 14. The van der Waals surface area contributed by atoms with Crippen molar-refractivity contribution in [2.24, 2.45) is 5.92 Å². The number of nitrogens with zero attached hydrogens (tertiary/aromatic N) is 2. The van der Waals surface area contributed by atoms with E-state index in [0.717, 1.165) is 6.42 Å². The molecule has 0 aromatic carbocycles. The van der Waals surface area contributed by atoms with Gasteiger partial charge in [0, 0.05) is 39.7 Å². The number of hydrogen-bond donors (Lipinski definition) is 1. The highest BCUT2D eigenvalue weighted by molar-refractivity contribution is 5.77. The van der Waals surface area contributed by atoms with E-state index in [9.17, 15) is 9.59 Å². The van der Waals surface area contributed by atoms with Gasteiger partial charge < -0.3 is 29.0 Å². The minimum atomic E-state index is -0.520. The molecule has 9 nitrogen and oxygen atoms in total. The maximum atomic E-state index is 11.9. The molecule has 166 valence electrons. The Morgan fingerprint density at radius 1 is 1.28 bits per heavy atom. The fourth-order valence-electron chi connectivity index (χ4n) is 2.63. The number of carbonyl (C=O) groups excluding carboxylic acids is 2. The van der Waals surface area contributed by atoms with Crippen LogP contribution in [0.5, 0.6) is 5.88 Å². The van der Waals surface area contributed by atoms with Crippen LogP contribution in [0, 0.1) is 5.92 Å². The predicted molar refractivity (Wildman–Crippen MR) is 108 cm³/mol. The topological polar surface area (TPSA) is 103 Å². The summed E-state index contributed by atoms with van der Waals surface area (Å²) >= 11 is 0. The van der Waals surface area contributed by atoms with E-state index in [1.54, 1.807) is 25.1 Å². The number of hydrogen-bond acceptors (Lipinski definition) is 8. The molecule has 1 aromatic rings. The van der Waals surface area contributed by atoms with Crippen LogP contribution >= 0.6 is 0 Å². The molecular weight excluding hydrogens is 378 g/mol. The monoisotopic (exact) mass is 413 g/mol. The minimum Gasteiger partial charge on any atom is -0.473 e. The normalized spacial score (nSPS) is 13.2. The second-order valence-electron chi connectivity index (χ2n) is 7.31. The second kappa shape index (κ2) is 13.2. The third-order valence-corrected chi connectivity index (χ3v) is 4.45. The Kier molecular flexibility index (Phi) is 11.3. The molecule has 0 aliphatic carbocycles. The van der Waals surface area contributed by atoms with Crippen LogP contribution in [-0.4, -0.2) is 75.5 Å². The van der Waals surface area contributed by atoms with Crippen LogP contribution in [0.3, 0.4) is 0 Å². The highest BCUT2D eigenvalue weighted by Gasteiger charge is 2.29. The Hall–Kier alpha value is -2.13. The Balaban J connectivity index is 2.37. The van der Waals surface area contributed by atoms with Gasteiger partial charge >= 0.3 is 5.97 Å². The van der Waals surface area contributed by atoms with E-state index in [0.29, 0.717) is 44.4 Å². The third-order valence-electron chi connectivity index (χ3n) is 4.45. The zero-order valence-electron chi connectivity index (χ0n) is 18.4. The molecule has 29 heavy (non-hydrogen) atoms. The lowest BCUT2D eigenvalue weighted by Gasteiger charge is -2.16. The van der Waals surface area contributed by atoms with Gasteiger partial charge in [-0.3, -0.25) is 9.59 Å². The molecule has 1 rings (SSSR count). The first-order valence-corrected chi connectivity index (χ1v) is 9.99. The SMILES string of the molecule is CCC(COc1cc(C(C(=O)OC)C(C)C)on1)OCCNCCC(=O)N(C)C. The van der Waals surface area contributed by atoms with Crippen LogP contribution in [0.4, 0.5) is 0 Å². The maximum absolute atomic E-state index is 11.9. The van der Waals surface area contributed by atoms with Gasteiger partial charge in [-0.2, -0.15) is 0 Å². The van der Waals surface area contributed by atoms with Gasteiger partial charge in [-0.25, -0.2) is 0 Å². The predicted octanol–water partition coefficient (Wildman–Crippen LogP) is 1.83. The lowest BCUT2D eigenvalue weighted by molar-refractivity contribution is -0.144. The Morgan fingerprint density at radius 3 is 2.59 bits per heavy atom. The molecule has 2 unspecified atom stereocenters. The zero-order valence-corrected chi connectivity index (χ0v) is 18.4. The molecule has 0 saturated carbocycles. The molecule has 0 aliphatic heterocycles. The molecule has 1 N–H and O–H groups in total. The standard InChI is InChI=1S/C20H35N3O6/c1-7-15(27-11-10-21-9-8-18(24)23(4)5)13-28-17-12-16(29-22-17)19(14(2)3)20(25)26-6/h12,14-15,19,21H,7-11,13H2,1-6H3. The molecule has 0 saturated heterocycles. The van der Waals surface area contributed by atoms with Crippen molar-refractivity contribution in [1.82, 2.24) is 15.4 Å². The summed E-state index contributed by atoms with van der Waals surface area (Å²) in [5, 5.41) is 7.07. The Labute approximate surface area is 173 Å². The van der Waals surface area contributed by atoms with Crippen LogP contribution in [0.15, 0.2) is 10.6 Å². The molecule has 1 amide bonds. The fourth-order valence-corrected chi connectivity index (χ4v) is 2.63. The molecule has 0 radical (unpaired) electrons. The Bertz CT molecular complexity index is 617. The van der Waals surface area contributed by atoms with Crippen LogP contribution in [0.25, 0.3) is 0 Å². The summed E-state index contributed by atoms with van der Waals surface area (Å²) in [5.74, 6) is -0.0392. The first-order chi connectivity index (χ1) is 13.8. The lowest BCUT2D eigenvalue weighted by Crippen LogP contribution is -2.30. The highest BCUT2D eigenvalue weighted by atomic mass is 16.6. The summed E-state index contributed by atoms with van der Waals surface area (Å²) in [4.78, 5) is 25.0. The van der Waals surface area contributed by atoms with Crippen LogP contribution in [0.2, 0.25) is 0 Å². The summed E-state index contributed by atoms with van der Waals surface area (Å²) in [6.07, 6.45) is 1.15. The van der Waals surface area contributed by atoms with Crippen molar-refractivity contribution < 1.29 is 28.3 Å². The smallest absolute Gasteiger partial charge is 0.316 e. The summed E-state index contributed by atoms with van der Waals surface area (Å²) in [7, 11) is 4.84. The summed E-state index contributed by atoms with van der Waals surface area (Å²) < 4.78 is 21.6. The van der Waals surface area contributed by atoms with Crippen molar-refractivity contribution in [1.29, 1.82) is 0 Å². The van der Waals surface area contributed by atoms with E-state index in [1.807, 2.05) is 20.8 Å². The van der Waals surface area contributed by atoms with Crippen molar-refractivity contribution in [3.8, 4) is 5.88 Å². The quantitative estimate of drug-likeness (QED) is 0.364. The number of carbonyl (C=O) groups is 2. The molecule has 2 atom stereocenters. The summed E-state index contributed by atoms with van der Waals surface area (Å²) in [6, 6.07) is 1.62. The van der Waals surface area contributed by atoms with Crippen LogP contribution < -0.4 is 10.1 Å². The maximum Gasteiger partial charge on any atom is 0.316 e. The molecule has 0 fully saturated rings. The van der Waals surface area contributed by atoms with Gasteiger partial charge in [0.05, 0.1) is 19.8 Å².